The number of hydrogen-bond donors (Lipinski definition) is 1. The number of hydrogen-bond acceptors (Lipinski definition) is 3. The molecule has 1 aromatic heterocycles. The molecule has 106 valence electrons. The Morgan fingerprint density at radius 2 is 1.57 bits per heavy atom. The molecule has 4 nitrogen and oxygen atoms in total. The second-order valence-corrected chi connectivity index (χ2v) is 5.19. The van der Waals surface area contributed by atoms with E-state index in [1.807, 2.05) is 73.0 Å². The Morgan fingerprint density at radius 3 is 2.29 bits per heavy atom. The Bertz CT molecular complexity index is 788. The maximum absolute atomic E-state index is 10.5. The van der Waals surface area contributed by atoms with Gasteiger partial charge in [-0.3, -0.25) is 0 Å². The highest BCUT2D eigenvalue weighted by Gasteiger charge is 2.17. The van der Waals surface area contributed by atoms with Crippen LogP contribution in [0, 0.1) is 0 Å². The molecule has 21 heavy (non-hydrogen) atoms. The minimum atomic E-state index is 0.149. The molecular weight excluding hydrogens is 262 g/mol. The molecule has 2 aromatic carbocycles. The van der Waals surface area contributed by atoms with Crippen LogP contribution in [0.1, 0.15) is 19.9 Å². The Kier molecular flexibility index (Phi) is 3.44. The lowest BCUT2D eigenvalue weighted by molar-refractivity contribution is 0.407. The first-order chi connectivity index (χ1) is 10.2. The van der Waals surface area contributed by atoms with Gasteiger partial charge in [-0.25, -0.2) is 0 Å². The summed E-state index contributed by atoms with van der Waals surface area (Å²) in [5, 5.41) is 19.8. The van der Waals surface area contributed by atoms with Crippen LogP contribution >= 0.6 is 0 Å². The summed E-state index contributed by atoms with van der Waals surface area (Å²) < 4.78 is 1.87. The quantitative estimate of drug-likeness (QED) is 0.646. The molecule has 0 unspecified atom stereocenters. The van der Waals surface area contributed by atoms with E-state index in [1.54, 1.807) is 0 Å². The number of nitrogens with zero attached hydrogens (tertiary/aromatic N) is 3. The first-order valence-electron chi connectivity index (χ1n) is 6.97. The minimum absolute atomic E-state index is 0.149. The molecule has 1 N–H and O–H groups in total. The highest BCUT2D eigenvalue weighted by molar-refractivity contribution is 5.95. The molecule has 0 atom stereocenters. The van der Waals surface area contributed by atoms with Crippen molar-refractivity contribution in [3.05, 3.63) is 54.6 Å². The number of aromatic hydroxyl groups is 1. The molecule has 0 aliphatic heterocycles. The van der Waals surface area contributed by atoms with Gasteiger partial charge in [-0.05, 0) is 32.0 Å². The van der Waals surface area contributed by atoms with Gasteiger partial charge >= 0.3 is 0 Å². The number of aromatic nitrogens is 1. The van der Waals surface area contributed by atoms with Crippen LogP contribution in [0.3, 0.4) is 0 Å². The molecule has 0 fully saturated rings. The van der Waals surface area contributed by atoms with Crippen molar-refractivity contribution in [3.63, 3.8) is 0 Å². The van der Waals surface area contributed by atoms with Crippen molar-refractivity contribution in [2.24, 2.45) is 10.2 Å². The monoisotopic (exact) mass is 279 g/mol. The third-order valence-electron chi connectivity index (χ3n) is 3.40. The van der Waals surface area contributed by atoms with Crippen LogP contribution in [0.4, 0.5) is 11.4 Å². The smallest absolute Gasteiger partial charge is 0.221 e. The van der Waals surface area contributed by atoms with Gasteiger partial charge in [-0.2, -0.15) is 5.11 Å². The molecule has 0 aliphatic rings. The van der Waals surface area contributed by atoms with Crippen molar-refractivity contribution in [1.82, 2.24) is 4.57 Å². The second-order valence-electron chi connectivity index (χ2n) is 5.19. The van der Waals surface area contributed by atoms with E-state index in [2.05, 4.69) is 10.2 Å². The van der Waals surface area contributed by atoms with Crippen molar-refractivity contribution in [3.8, 4) is 5.88 Å². The summed E-state index contributed by atoms with van der Waals surface area (Å²) in [4.78, 5) is 0. The fraction of sp³-hybridized carbons (Fsp3) is 0.176. The molecular formula is C17H17N3O. The molecule has 0 bridgehead atoms. The second kappa shape index (κ2) is 5.40. The molecule has 3 rings (SSSR count). The Balaban J connectivity index is 2.15. The Hall–Kier alpha value is -2.62. The average molecular weight is 279 g/mol. The molecule has 3 aromatic rings. The van der Waals surface area contributed by atoms with Gasteiger partial charge < -0.3 is 9.67 Å². The van der Waals surface area contributed by atoms with Crippen molar-refractivity contribution < 1.29 is 5.11 Å². The summed E-state index contributed by atoms with van der Waals surface area (Å²) >= 11 is 0. The van der Waals surface area contributed by atoms with E-state index in [4.69, 9.17) is 0 Å². The van der Waals surface area contributed by atoms with Gasteiger partial charge in [0, 0.05) is 11.4 Å². The molecule has 0 spiro atoms. The summed E-state index contributed by atoms with van der Waals surface area (Å²) in [7, 11) is 0. The number of rotatable bonds is 3. The van der Waals surface area contributed by atoms with Crippen molar-refractivity contribution >= 4 is 22.3 Å². The lowest BCUT2D eigenvalue weighted by atomic mass is 10.2. The van der Waals surface area contributed by atoms with Gasteiger partial charge in [0.2, 0.25) is 5.88 Å². The minimum Gasteiger partial charge on any atom is -0.493 e. The van der Waals surface area contributed by atoms with E-state index in [0.29, 0.717) is 5.69 Å². The Morgan fingerprint density at radius 1 is 0.905 bits per heavy atom. The number of benzene rings is 2. The highest BCUT2D eigenvalue weighted by atomic mass is 16.3. The maximum Gasteiger partial charge on any atom is 0.221 e. The Labute approximate surface area is 123 Å². The molecule has 1 heterocycles. The van der Waals surface area contributed by atoms with Gasteiger partial charge in [0.05, 0.1) is 11.2 Å². The lowest BCUT2D eigenvalue weighted by Gasteiger charge is -2.10. The van der Waals surface area contributed by atoms with Crippen LogP contribution in [0.2, 0.25) is 0 Å². The standard InChI is InChI=1S/C17H17N3O/c1-12(2)20-15-11-7-6-10-14(15)16(17(20)21)19-18-13-8-4-3-5-9-13/h3-12,21H,1-2H3. The van der Waals surface area contributed by atoms with Crippen LogP contribution < -0.4 is 0 Å². The lowest BCUT2D eigenvalue weighted by Crippen LogP contribution is -1.98. The first kappa shape index (κ1) is 13.4. The third kappa shape index (κ3) is 2.40. The summed E-state index contributed by atoms with van der Waals surface area (Å²) in [5.74, 6) is 0.158. The molecule has 0 saturated carbocycles. The van der Waals surface area contributed by atoms with Crippen molar-refractivity contribution in [2.75, 3.05) is 0 Å². The maximum atomic E-state index is 10.5. The number of fused-ring (bicyclic) bond motifs is 1. The fourth-order valence-corrected chi connectivity index (χ4v) is 2.46. The zero-order valence-electron chi connectivity index (χ0n) is 12.1. The number of para-hydroxylation sites is 1. The van der Waals surface area contributed by atoms with Crippen LogP contribution in [-0.2, 0) is 0 Å². The first-order valence-corrected chi connectivity index (χ1v) is 6.97. The summed E-state index contributed by atoms with van der Waals surface area (Å²) in [6, 6.07) is 17.5. The van der Waals surface area contributed by atoms with E-state index in [9.17, 15) is 5.11 Å². The molecule has 4 heteroatoms. The van der Waals surface area contributed by atoms with E-state index in [1.165, 1.54) is 0 Å². The predicted octanol–water partition coefficient (Wildman–Crippen LogP) is 5.34. The molecule has 0 saturated heterocycles. The van der Waals surface area contributed by atoms with Gasteiger partial charge in [-0.15, -0.1) is 5.11 Å². The van der Waals surface area contributed by atoms with E-state index < -0.39 is 0 Å². The van der Waals surface area contributed by atoms with Crippen LogP contribution in [0.25, 0.3) is 10.9 Å². The summed E-state index contributed by atoms with van der Waals surface area (Å²) in [6.45, 7) is 4.06. The zero-order chi connectivity index (χ0) is 14.8. The van der Waals surface area contributed by atoms with Crippen LogP contribution in [0.15, 0.2) is 64.8 Å². The summed E-state index contributed by atoms with van der Waals surface area (Å²) in [6.07, 6.45) is 0. The fourth-order valence-electron chi connectivity index (χ4n) is 2.46. The highest BCUT2D eigenvalue weighted by Crippen LogP contribution is 2.41. The molecule has 0 amide bonds. The predicted molar refractivity (Wildman–Crippen MR) is 84.6 cm³/mol. The van der Waals surface area contributed by atoms with E-state index >= 15 is 0 Å². The van der Waals surface area contributed by atoms with Gasteiger partial charge in [-0.1, -0.05) is 36.4 Å². The van der Waals surface area contributed by atoms with Crippen molar-refractivity contribution in [2.45, 2.75) is 19.9 Å². The van der Waals surface area contributed by atoms with Crippen molar-refractivity contribution in [1.29, 1.82) is 0 Å². The zero-order valence-corrected chi connectivity index (χ0v) is 12.1. The third-order valence-corrected chi connectivity index (χ3v) is 3.40. The summed E-state index contributed by atoms with van der Waals surface area (Å²) in [5.41, 5.74) is 2.24. The normalized spacial score (nSPS) is 11.8. The SMILES string of the molecule is CC(C)n1c(O)c(N=Nc2ccccc2)c2ccccc21. The average Bonchev–Trinajstić information content (AvgIpc) is 2.78. The number of azo groups is 1. The van der Waals surface area contributed by atoms with Crippen LogP contribution in [-0.4, -0.2) is 9.67 Å². The van der Waals surface area contributed by atoms with Gasteiger partial charge in [0.1, 0.15) is 0 Å². The topological polar surface area (TPSA) is 49.9 Å². The largest absolute Gasteiger partial charge is 0.493 e. The van der Waals surface area contributed by atoms with Crippen LogP contribution in [0.5, 0.6) is 5.88 Å². The van der Waals surface area contributed by atoms with Gasteiger partial charge in [0.15, 0.2) is 5.69 Å². The van der Waals surface area contributed by atoms with E-state index in [-0.39, 0.29) is 11.9 Å². The van der Waals surface area contributed by atoms with E-state index in [0.717, 1.165) is 16.6 Å². The van der Waals surface area contributed by atoms with Gasteiger partial charge in [0.25, 0.3) is 0 Å². The molecule has 0 radical (unpaired) electrons. The molecule has 0 aliphatic carbocycles.